The van der Waals surface area contributed by atoms with E-state index in [-0.39, 0.29) is 125 Å². The van der Waals surface area contributed by atoms with E-state index in [1.54, 1.807) is 123 Å². The normalized spacial score (nSPS) is 11.1. The molecule has 0 amide bonds. The van der Waals surface area contributed by atoms with Crippen LogP contribution < -0.4 is 29.1 Å². The minimum atomic E-state index is -0.512. The third kappa shape index (κ3) is 28.8. The van der Waals surface area contributed by atoms with Gasteiger partial charge in [-0.25, -0.2) is 0 Å². The zero-order valence-electron chi connectivity index (χ0n) is 71.3. The summed E-state index contributed by atoms with van der Waals surface area (Å²) in [6.07, 6.45) is 0. The summed E-state index contributed by atoms with van der Waals surface area (Å²) >= 11 is 0. The number of nitro groups is 2. The van der Waals surface area contributed by atoms with Gasteiger partial charge in [-0.05, 0) is 213 Å². The number of azo groups is 8. The fourth-order valence-corrected chi connectivity index (χ4v) is 11.8. The Hall–Kier alpha value is -15.5. The van der Waals surface area contributed by atoms with E-state index in [1.807, 2.05) is 76.2 Å². The van der Waals surface area contributed by atoms with Gasteiger partial charge in [0.05, 0.1) is 58.2 Å². The van der Waals surface area contributed by atoms with Crippen LogP contribution in [-0.2, 0) is 33.6 Å². The molecule has 128 heavy (non-hydrogen) atoms. The van der Waals surface area contributed by atoms with E-state index in [9.17, 15) is 61.1 Å². The van der Waals surface area contributed by atoms with Crippen molar-refractivity contribution in [1.82, 2.24) is 0 Å². The maximum absolute atomic E-state index is 10.9. The number of non-ortho nitro benzene ring substituents is 2. The first-order valence-corrected chi connectivity index (χ1v) is 39.7. The summed E-state index contributed by atoms with van der Waals surface area (Å²) in [4.78, 5) is 29.1. The molecular formula is C90H94Co2N22O14. The second-order valence-electron chi connectivity index (χ2n) is 26.6. The average Bonchev–Trinajstić information content (AvgIpc) is 0.849. The molecule has 0 aliphatic heterocycles. The number of nitrogens with zero attached hydrogens (tertiary/aromatic N) is 22. The zero-order chi connectivity index (χ0) is 90.6. The molecule has 0 unspecified atom stereocenters. The predicted molar refractivity (Wildman–Crippen MR) is 485 cm³/mol. The van der Waals surface area contributed by atoms with Crippen molar-refractivity contribution < 1.29 is 93.7 Å². The second-order valence-corrected chi connectivity index (χ2v) is 26.6. The van der Waals surface area contributed by atoms with E-state index in [0.29, 0.717) is 68.4 Å². The average molecular weight is 1830 g/mol. The van der Waals surface area contributed by atoms with Crippen LogP contribution in [0.2, 0.25) is 0 Å². The number of aromatic hydroxyl groups is 8. The Morgan fingerprint density at radius 1 is 0.242 bits per heavy atom. The maximum Gasteiger partial charge on any atom is 0.271 e. The molecule has 666 valence electrons. The van der Waals surface area contributed by atoms with Gasteiger partial charge >= 0.3 is 0 Å². The molecule has 0 aliphatic carbocycles. The van der Waals surface area contributed by atoms with Crippen LogP contribution in [0.5, 0.6) is 57.5 Å². The molecule has 0 saturated heterocycles. The standard InChI is InChI=1S/2C23H25N5O3.2C22H22N6O4.2Co/c2*1-4-28(5-2)17-11-12-18(22(30)15-17)25-27-20-14-16(10-13-21(20)29)24-26-19-8-6-7-9-23(19)31-3;2*1-3-27(4-2)17-9-10-19(22(30)14-17)25-26-20-13-16(8-11-21(20)29)24-23-15-6-5-7-18(12-15)28(31)32;;/h2*6-15,29-30H,4-5H2,1-3H3;2*5-14,29-30H,3-4H2,1-2H3;;. The van der Waals surface area contributed by atoms with Crippen molar-refractivity contribution in [2.45, 2.75) is 55.4 Å². The third-order valence-corrected chi connectivity index (χ3v) is 18.6. The number of anilines is 4. The van der Waals surface area contributed by atoms with Gasteiger partial charge in [0.15, 0.2) is 0 Å². The molecule has 0 atom stereocenters. The van der Waals surface area contributed by atoms with E-state index in [4.69, 9.17) is 9.47 Å². The van der Waals surface area contributed by atoms with Crippen LogP contribution in [-0.4, -0.2) is 117 Å². The third-order valence-electron chi connectivity index (χ3n) is 18.6. The Morgan fingerprint density at radius 2 is 0.461 bits per heavy atom. The van der Waals surface area contributed by atoms with Crippen molar-refractivity contribution in [3.05, 3.63) is 263 Å². The number of phenolic OH excluding ortho intramolecular Hbond substituents is 8. The number of phenols is 8. The summed E-state index contributed by atoms with van der Waals surface area (Å²) in [6.45, 7) is 22.9. The number of hydrogen-bond donors (Lipinski definition) is 8. The van der Waals surface area contributed by atoms with Crippen LogP contribution in [0.3, 0.4) is 0 Å². The summed E-state index contributed by atoms with van der Waals surface area (Å²) < 4.78 is 10.5. The number of methoxy groups -OCH3 is 2. The van der Waals surface area contributed by atoms with Crippen molar-refractivity contribution in [2.75, 3.05) is 86.2 Å². The van der Waals surface area contributed by atoms with Gasteiger partial charge in [0.2, 0.25) is 0 Å². The predicted octanol–water partition coefficient (Wildman–Crippen LogP) is 26.9. The number of nitro benzene ring substituents is 2. The smallest absolute Gasteiger partial charge is 0.271 e. The van der Waals surface area contributed by atoms with Crippen molar-refractivity contribution in [3.8, 4) is 57.5 Å². The summed E-state index contributed by atoms with van der Waals surface area (Å²) in [6, 6.07) is 64.7. The molecule has 0 fully saturated rings. The molecule has 8 N–H and O–H groups in total. The first-order chi connectivity index (χ1) is 60.9. The van der Waals surface area contributed by atoms with E-state index in [1.165, 1.54) is 84.9 Å². The molecule has 0 spiro atoms. The fraction of sp³-hybridized carbons (Fsp3) is 0.200. The van der Waals surface area contributed by atoms with E-state index in [2.05, 4.69) is 129 Å². The summed E-state index contributed by atoms with van der Waals surface area (Å²) in [5, 5.41) is 168. The second kappa shape index (κ2) is 50.3. The van der Waals surface area contributed by atoms with E-state index < -0.39 is 9.85 Å². The molecular weight excluding hydrogens is 1730 g/mol. The molecule has 0 heterocycles. The summed E-state index contributed by atoms with van der Waals surface area (Å²) in [7, 11) is 3.13. The van der Waals surface area contributed by atoms with Crippen molar-refractivity contribution in [2.24, 2.45) is 81.8 Å². The first kappa shape index (κ1) is 99.6. The Morgan fingerprint density at radius 3 is 0.688 bits per heavy atom. The van der Waals surface area contributed by atoms with Crippen LogP contribution >= 0.6 is 0 Å². The molecule has 2 radical (unpaired) electrons. The van der Waals surface area contributed by atoms with Crippen molar-refractivity contribution in [3.63, 3.8) is 0 Å². The van der Waals surface area contributed by atoms with Crippen LogP contribution in [0.15, 0.2) is 324 Å². The maximum atomic E-state index is 10.9. The summed E-state index contributed by atoms with van der Waals surface area (Å²) in [5.74, 6) is 0.822. The van der Waals surface area contributed by atoms with Gasteiger partial charge in [-0.2, -0.15) is 30.7 Å². The minimum Gasteiger partial charge on any atom is -0.506 e. The van der Waals surface area contributed by atoms with E-state index >= 15 is 0 Å². The van der Waals surface area contributed by atoms with Gasteiger partial charge in [0.1, 0.15) is 114 Å². The van der Waals surface area contributed by atoms with Crippen LogP contribution in [0.1, 0.15) is 55.4 Å². The quantitative estimate of drug-likeness (QED) is 0.0110. The van der Waals surface area contributed by atoms with Crippen molar-refractivity contribution >= 4 is 125 Å². The zero-order valence-corrected chi connectivity index (χ0v) is 73.4. The Labute approximate surface area is 758 Å². The molecule has 12 aromatic rings. The van der Waals surface area contributed by atoms with Crippen LogP contribution in [0, 0.1) is 20.2 Å². The molecule has 0 aliphatic rings. The largest absolute Gasteiger partial charge is 0.506 e. The van der Waals surface area contributed by atoms with Gasteiger partial charge in [0, 0.05) is 157 Å². The van der Waals surface area contributed by atoms with Gasteiger partial charge in [-0.15, -0.1) is 51.1 Å². The number of benzene rings is 12. The summed E-state index contributed by atoms with van der Waals surface area (Å²) in [5.41, 5.74) is 8.67. The van der Waals surface area contributed by atoms with Gasteiger partial charge in [-0.3, -0.25) is 20.2 Å². The first-order valence-electron chi connectivity index (χ1n) is 39.7. The number of hydrogen-bond acceptors (Lipinski definition) is 34. The number of rotatable bonds is 32. The minimum absolute atomic E-state index is 0. The van der Waals surface area contributed by atoms with Crippen LogP contribution in [0.4, 0.5) is 125 Å². The molecule has 0 bridgehead atoms. The Balaban J connectivity index is 0.000000233. The van der Waals surface area contributed by atoms with Gasteiger partial charge in [0.25, 0.3) is 11.4 Å². The molecule has 38 heteroatoms. The Bertz CT molecular complexity index is 5630. The molecule has 36 nitrogen and oxygen atoms in total. The van der Waals surface area contributed by atoms with E-state index in [0.717, 1.165) is 75.1 Å². The topological polar surface area (TPSA) is 477 Å². The number of ether oxygens (including phenoxy) is 2. The van der Waals surface area contributed by atoms with Gasteiger partial charge in [-0.1, -0.05) is 36.4 Å². The molecule has 12 aromatic carbocycles. The Kier molecular flexibility index (Phi) is 39.1. The SMILES string of the molecule is CCN(CC)c1ccc(N=Nc2cc(N=Nc3cccc([N+](=O)[O-])c3)ccc2O)c(O)c1.CCN(CC)c1ccc(N=Nc2cc(N=Nc3cccc([N+](=O)[O-])c3)ccc2O)c(O)c1.CCN(CC)c1ccc(N=Nc2cc(N=Nc3ccccc3OC)ccc2O)c(O)c1.CCN(CC)c1ccc(N=Nc2cc(N=Nc3ccccc3OC)ccc2O)c(O)c1.[Co].[Co]. The van der Waals surface area contributed by atoms with Crippen LogP contribution in [0.25, 0.3) is 0 Å². The molecule has 0 saturated carbocycles. The monoisotopic (exact) mass is 1820 g/mol. The fourth-order valence-electron chi connectivity index (χ4n) is 11.8. The van der Waals surface area contributed by atoms with Gasteiger partial charge < -0.3 is 69.9 Å². The molecule has 12 rings (SSSR count). The van der Waals surface area contributed by atoms with Crippen molar-refractivity contribution in [1.29, 1.82) is 0 Å². The molecule has 0 aromatic heterocycles. The number of para-hydroxylation sites is 2.